The summed E-state index contributed by atoms with van der Waals surface area (Å²) in [6, 6.07) is 0. The van der Waals surface area contributed by atoms with Gasteiger partial charge in [-0.2, -0.15) is 11.8 Å². The normalized spacial score (nSPS) is 24.3. The van der Waals surface area contributed by atoms with E-state index < -0.39 is 0 Å². The van der Waals surface area contributed by atoms with Crippen LogP contribution in [0.1, 0.15) is 44.9 Å². The minimum Gasteiger partial charge on any atom is -0.379 e. The molecule has 0 radical (unpaired) electrons. The van der Waals surface area contributed by atoms with Gasteiger partial charge in [0.15, 0.2) is 5.96 Å². The van der Waals surface area contributed by atoms with E-state index in [4.69, 9.17) is 4.74 Å². The summed E-state index contributed by atoms with van der Waals surface area (Å²) in [7, 11) is 1.94. The number of morpholine rings is 1. The molecule has 0 aromatic heterocycles. The van der Waals surface area contributed by atoms with E-state index in [0.29, 0.717) is 4.75 Å². The number of hydrogen-bond acceptors (Lipinski definition) is 4. The van der Waals surface area contributed by atoms with Crippen LogP contribution in [0.4, 0.5) is 0 Å². The third kappa shape index (κ3) is 6.71. The lowest BCUT2D eigenvalue weighted by Crippen LogP contribution is -2.53. The molecule has 1 saturated carbocycles. The molecule has 2 heterocycles. The smallest absolute Gasteiger partial charge is 0.193 e. The summed E-state index contributed by atoms with van der Waals surface area (Å²) in [6.07, 6.45) is 9.50. The summed E-state index contributed by atoms with van der Waals surface area (Å²) < 4.78 is 5.92. The van der Waals surface area contributed by atoms with E-state index in [9.17, 15) is 0 Å². The first-order chi connectivity index (χ1) is 12.3. The van der Waals surface area contributed by atoms with E-state index in [1.165, 1.54) is 63.8 Å². The Morgan fingerprint density at radius 2 is 1.88 bits per heavy atom. The van der Waals surface area contributed by atoms with Crippen LogP contribution in [0, 0.1) is 0 Å². The standard InChI is InChI=1S/C19H36N4OS.HI/c1-20-18(21-9-5-6-10-22-11-14-24-15-12-22)23-13-16-25-19(17-23)7-3-2-4-8-19;/h2-17H2,1H3,(H,20,21);1H. The molecular weight excluding hydrogens is 459 g/mol. The Kier molecular flexibility index (Phi) is 10.4. The van der Waals surface area contributed by atoms with Crippen molar-refractivity contribution in [2.24, 2.45) is 4.99 Å². The SMILES string of the molecule is CN=C(NCCCCN1CCOCC1)N1CCSC2(CCCCC2)C1.I. The maximum atomic E-state index is 5.41. The molecule has 3 rings (SSSR count). The first kappa shape index (κ1) is 22.6. The van der Waals surface area contributed by atoms with Gasteiger partial charge in [-0.1, -0.05) is 19.3 Å². The molecule has 3 fully saturated rings. The summed E-state index contributed by atoms with van der Waals surface area (Å²) >= 11 is 2.23. The number of hydrogen-bond donors (Lipinski definition) is 1. The lowest BCUT2D eigenvalue weighted by molar-refractivity contribution is 0.0372. The van der Waals surface area contributed by atoms with Gasteiger partial charge in [-0.25, -0.2) is 0 Å². The predicted octanol–water partition coefficient (Wildman–Crippen LogP) is 3.04. The van der Waals surface area contributed by atoms with Gasteiger partial charge in [0.25, 0.3) is 0 Å². The van der Waals surface area contributed by atoms with Crippen LogP contribution in [-0.2, 0) is 4.74 Å². The maximum Gasteiger partial charge on any atom is 0.193 e. The van der Waals surface area contributed by atoms with E-state index in [2.05, 4.69) is 31.9 Å². The molecule has 0 unspecified atom stereocenters. The molecule has 3 aliphatic rings. The van der Waals surface area contributed by atoms with Crippen LogP contribution in [0.25, 0.3) is 0 Å². The van der Waals surface area contributed by atoms with Crippen molar-refractivity contribution in [3.63, 3.8) is 0 Å². The Hall–Kier alpha value is 0.270. The molecule has 1 spiro atoms. The first-order valence-corrected chi connectivity index (χ1v) is 11.2. The minimum atomic E-state index is 0. The third-order valence-corrected chi connectivity index (χ3v) is 7.35. The van der Waals surface area contributed by atoms with Crippen molar-refractivity contribution in [3.05, 3.63) is 0 Å². The van der Waals surface area contributed by atoms with Gasteiger partial charge >= 0.3 is 0 Å². The van der Waals surface area contributed by atoms with Crippen molar-refractivity contribution in [2.75, 3.05) is 65.3 Å². The highest BCUT2D eigenvalue weighted by atomic mass is 127. The maximum absolute atomic E-state index is 5.41. The second kappa shape index (κ2) is 12.0. The second-order valence-electron chi connectivity index (χ2n) is 7.65. The highest BCUT2D eigenvalue weighted by Crippen LogP contribution is 2.42. The molecule has 0 bridgehead atoms. The zero-order chi connectivity index (χ0) is 17.4. The molecule has 2 saturated heterocycles. The molecule has 7 heteroatoms. The number of guanidine groups is 1. The summed E-state index contributed by atoms with van der Waals surface area (Å²) in [4.78, 5) is 9.61. The van der Waals surface area contributed by atoms with Crippen LogP contribution in [0.15, 0.2) is 4.99 Å². The highest BCUT2D eigenvalue weighted by molar-refractivity contribution is 14.0. The predicted molar refractivity (Wildman–Crippen MR) is 123 cm³/mol. The van der Waals surface area contributed by atoms with Gasteiger partial charge in [0, 0.05) is 50.3 Å². The molecule has 0 aromatic carbocycles. The third-order valence-electron chi connectivity index (χ3n) is 5.81. The van der Waals surface area contributed by atoms with E-state index in [-0.39, 0.29) is 24.0 Å². The lowest BCUT2D eigenvalue weighted by Gasteiger charge is -2.45. The monoisotopic (exact) mass is 496 g/mol. The van der Waals surface area contributed by atoms with Crippen LogP contribution >= 0.6 is 35.7 Å². The zero-order valence-corrected chi connectivity index (χ0v) is 19.5. The Labute approximate surface area is 181 Å². The van der Waals surface area contributed by atoms with Gasteiger partial charge < -0.3 is 15.0 Å². The summed E-state index contributed by atoms with van der Waals surface area (Å²) in [6.45, 7) is 8.57. The fraction of sp³-hybridized carbons (Fsp3) is 0.947. The molecule has 0 atom stereocenters. The second-order valence-corrected chi connectivity index (χ2v) is 9.21. The quantitative estimate of drug-likeness (QED) is 0.274. The van der Waals surface area contributed by atoms with Crippen molar-refractivity contribution in [3.8, 4) is 0 Å². The topological polar surface area (TPSA) is 40.1 Å². The van der Waals surface area contributed by atoms with Crippen LogP contribution in [-0.4, -0.2) is 85.8 Å². The zero-order valence-electron chi connectivity index (χ0n) is 16.4. The molecule has 0 aromatic rings. The number of halogens is 1. The fourth-order valence-corrected chi connectivity index (χ4v) is 5.91. The molecule has 26 heavy (non-hydrogen) atoms. The largest absolute Gasteiger partial charge is 0.379 e. The van der Waals surface area contributed by atoms with Crippen molar-refractivity contribution >= 4 is 41.7 Å². The molecule has 152 valence electrons. The van der Waals surface area contributed by atoms with E-state index in [1.54, 1.807) is 0 Å². The van der Waals surface area contributed by atoms with Crippen LogP contribution in [0.3, 0.4) is 0 Å². The fourth-order valence-electron chi connectivity index (χ4n) is 4.34. The summed E-state index contributed by atoms with van der Waals surface area (Å²) in [5, 5.41) is 3.62. The van der Waals surface area contributed by atoms with Crippen molar-refractivity contribution < 1.29 is 4.74 Å². The number of aliphatic imine (C=N–C) groups is 1. The number of nitrogens with zero attached hydrogens (tertiary/aromatic N) is 3. The van der Waals surface area contributed by atoms with Crippen LogP contribution in [0.5, 0.6) is 0 Å². The number of unbranched alkanes of at least 4 members (excludes halogenated alkanes) is 1. The molecule has 0 amide bonds. The van der Waals surface area contributed by atoms with Crippen molar-refractivity contribution in [1.82, 2.24) is 15.1 Å². The average molecular weight is 497 g/mol. The van der Waals surface area contributed by atoms with Crippen molar-refractivity contribution in [2.45, 2.75) is 49.7 Å². The summed E-state index contributed by atoms with van der Waals surface area (Å²) in [5.41, 5.74) is 0. The van der Waals surface area contributed by atoms with Gasteiger partial charge in [0.05, 0.1) is 13.2 Å². The Morgan fingerprint density at radius 1 is 1.12 bits per heavy atom. The van der Waals surface area contributed by atoms with Crippen molar-refractivity contribution in [1.29, 1.82) is 0 Å². The molecule has 1 aliphatic carbocycles. The highest BCUT2D eigenvalue weighted by Gasteiger charge is 2.38. The lowest BCUT2D eigenvalue weighted by atomic mass is 9.87. The van der Waals surface area contributed by atoms with Crippen LogP contribution in [0.2, 0.25) is 0 Å². The Morgan fingerprint density at radius 3 is 2.62 bits per heavy atom. The minimum absolute atomic E-state index is 0. The van der Waals surface area contributed by atoms with E-state index in [0.717, 1.165) is 45.4 Å². The van der Waals surface area contributed by atoms with E-state index >= 15 is 0 Å². The number of ether oxygens (including phenoxy) is 1. The van der Waals surface area contributed by atoms with Gasteiger partial charge in [-0.05, 0) is 32.2 Å². The van der Waals surface area contributed by atoms with Gasteiger partial charge in [0.1, 0.15) is 0 Å². The molecule has 2 aliphatic heterocycles. The summed E-state index contributed by atoms with van der Waals surface area (Å²) in [5.74, 6) is 2.37. The van der Waals surface area contributed by atoms with Crippen LogP contribution < -0.4 is 5.32 Å². The van der Waals surface area contributed by atoms with E-state index in [1.807, 2.05) is 7.05 Å². The first-order valence-electron chi connectivity index (χ1n) is 10.2. The number of thioether (sulfide) groups is 1. The molecule has 1 N–H and O–H groups in total. The van der Waals surface area contributed by atoms with Gasteiger partial charge in [-0.15, -0.1) is 24.0 Å². The molecular formula is C19H37IN4OS. The Balaban J connectivity index is 0.00000243. The van der Waals surface area contributed by atoms with Gasteiger partial charge in [-0.3, -0.25) is 9.89 Å². The van der Waals surface area contributed by atoms with Gasteiger partial charge in [0.2, 0.25) is 0 Å². The Bertz CT molecular complexity index is 420. The number of rotatable bonds is 5. The number of nitrogens with one attached hydrogen (secondary N) is 1. The molecule has 5 nitrogen and oxygen atoms in total. The average Bonchev–Trinajstić information content (AvgIpc) is 2.66.